The molecule has 0 unspecified atom stereocenters. The average Bonchev–Trinajstić information content (AvgIpc) is 2.63. The van der Waals surface area contributed by atoms with Crippen molar-refractivity contribution in [1.82, 2.24) is 10.2 Å². The van der Waals surface area contributed by atoms with Crippen LogP contribution < -0.4 is 5.32 Å². The van der Waals surface area contributed by atoms with Gasteiger partial charge in [-0.25, -0.2) is 8.42 Å². The molecule has 154 valence electrons. The average molecular weight is 507 g/mol. The van der Waals surface area contributed by atoms with Crippen LogP contribution in [0.2, 0.25) is 0 Å². The topological polar surface area (TPSA) is 61.8 Å². The van der Waals surface area contributed by atoms with Gasteiger partial charge in [-0.05, 0) is 32.3 Å². The summed E-state index contributed by atoms with van der Waals surface area (Å²) in [7, 11) is -1.29. The highest BCUT2D eigenvalue weighted by Gasteiger charge is 2.41. The number of guanidine groups is 1. The van der Waals surface area contributed by atoms with Crippen molar-refractivity contribution < 1.29 is 8.42 Å². The molecule has 0 amide bonds. The van der Waals surface area contributed by atoms with Crippen molar-refractivity contribution in [1.29, 1.82) is 0 Å². The Balaban J connectivity index is 0.00000364. The van der Waals surface area contributed by atoms with Gasteiger partial charge in [0, 0.05) is 32.1 Å². The number of sulfone groups is 1. The molecule has 7 heteroatoms. The van der Waals surface area contributed by atoms with E-state index in [0.29, 0.717) is 13.1 Å². The molecule has 0 atom stereocenters. The summed E-state index contributed by atoms with van der Waals surface area (Å²) in [5, 5.41) is 3.53. The minimum Gasteiger partial charge on any atom is -0.355 e. The lowest BCUT2D eigenvalue weighted by atomic mass is 9.76. The fourth-order valence-electron chi connectivity index (χ4n) is 3.71. The molecular weight excluding hydrogens is 473 g/mol. The Kier molecular flexibility index (Phi) is 8.59. The minimum absolute atomic E-state index is 0. The summed E-state index contributed by atoms with van der Waals surface area (Å²) in [5.41, 5.74) is 1.36. The van der Waals surface area contributed by atoms with Crippen LogP contribution in [0, 0.1) is 0 Å². The summed E-state index contributed by atoms with van der Waals surface area (Å²) in [6, 6.07) is 10.6. The van der Waals surface area contributed by atoms with E-state index < -0.39 is 14.6 Å². The van der Waals surface area contributed by atoms with Gasteiger partial charge >= 0.3 is 0 Å². The number of benzene rings is 1. The molecule has 0 aliphatic carbocycles. The third-order valence-corrected chi connectivity index (χ3v) is 8.41. The molecule has 0 aromatic heterocycles. The molecule has 1 saturated heterocycles. The van der Waals surface area contributed by atoms with Crippen LogP contribution >= 0.6 is 24.0 Å². The maximum absolute atomic E-state index is 12.3. The molecule has 5 nitrogen and oxygen atoms in total. The molecule has 0 radical (unpaired) electrons. The van der Waals surface area contributed by atoms with Gasteiger partial charge in [0.1, 0.15) is 0 Å². The SMILES string of the molecule is CCC(CC)(CNC(=NC)N1CCS(=O)(=O)C(C)(C)C1)c1ccccc1.I. The zero-order valence-corrected chi connectivity index (χ0v) is 20.3. The lowest BCUT2D eigenvalue weighted by Gasteiger charge is -2.40. The number of aliphatic imine (C=N–C) groups is 1. The van der Waals surface area contributed by atoms with Crippen LogP contribution in [0.15, 0.2) is 35.3 Å². The number of nitrogens with zero attached hydrogens (tertiary/aromatic N) is 2. The standard InChI is InChI=1S/C20H33N3O2S.HI/c1-6-20(7-2,17-11-9-8-10-12-17)15-22-18(21-5)23-13-14-26(24,25)19(3,4)16-23;/h8-12H,6-7,13-16H2,1-5H3,(H,21,22);1H. The van der Waals surface area contributed by atoms with Crippen LogP contribution in [0.25, 0.3) is 0 Å². The first-order valence-electron chi connectivity index (χ1n) is 9.45. The van der Waals surface area contributed by atoms with Gasteiger partial charge in [-0.3, -0.25) is 4.99 Å². The van der Waals surface area contributed by atoms with E-state index in [0.717, 1.165) is 25.3 Å². The summed E-state index contributed by atoms with van der Waals surface area (Å²) < 4.78 is 23.8. The van der Waals surface area contributed by atoms with Gasteiger partial charge in [0.15, 0.2) is 15.8 Å². The first-order chi connectivity index (χ1) is 12.2. The Labute approximate surface area is 182 Å². The number of hydrogen-bond acceptors (Lipinski definition) is 3. The fourth-order valence-corrected chi connectivity index (χ4v) is 5.07. The van der Waals surface area contributed by atoms with E-state index in [4.69, 9.17) is 0 Å². The number of halogens is 1. The highest BCUT2D eigenvalue weighted by Crippen LogP contribution is 2.31. The quantitative estimate of drug-likeness (QED) is 0.377. The minimum atomic E-state index is -3.06. The second-order valence-corrected chi connectivity index (χ2v) is 10.5. The van der Waals surface area contributed by atoms with Gasteiger partial charge in [0.25, 0.3) is 0 Å². The third-order valence-electron chi connectivity index (χ3n) is 5.88. The summed E-state index contributed by atoms with van der Waals surface area (Å²) in [4.78, 5) is 6.50. The molecule has 2 rings (SSSR count). The number of nitrogens with one attached hydrogen (secondary N) is 1. The largest absolute Gasteiger partial charge is 0.355 e. The molecule has 1 fully saturated rings. The molecule has 1 N–H and O–H groups in total. The van der Waals surface area contributed by atoms with E-state index in [1.807, 2.05) is 6.07 Å². The normalized spacial score (nSPS) is 19.3. The van der Waals surface area contributed by atoms with E-state index in [1.165, 1.54) is 5.56 Å². The molecule has 1 heterocycles. The summed E-state index contributed by atoms with van der Waals surface area (Å²) in [6.45, 7) is 9.77. The molecule has 1 aliphatic heterocycles. The zero-order valence-electron chi connectivity index (χ0n) is 17.2. The molecule has 0 spiro atoms. The molecule has 1 aliphatic rings. The highest BCUT2D eigenvalue weighted by atomic mass is 127. The van der Waals surface area contributed by atoms with E-state index >= 15 is 0 Å². The van der Waals surface area contributed by atoms with Crippen LogP contribution in [-0.4, -0.2) is 56.5 Å². The van der Waals surface area contributed by atoms with E-state index in [1.54, 1.807) is 20.9 Å². The summed E-state index contributed by atoms with van der Waals surface area (Å²) in [6.07, 6.45) is 2.05. The van der Waals surface area contributed by atoms with Crippen molar-refractivity contribution in [3.8, 4) is 0 Å². The van der Waals surface area contributed by atoms with Crippen molar-refractivity contribution in [2.24, 2.45) is 4.99 Å². The molecule has 1 aromatic carbocycles. The van der Waals surface area contributed by atoms with Crippen molar-refractivity contribution in [2.45, 2.75) is 50.7 Å². The van der Waals surface area contributed by atoms with Crippen molar-refractivity contribution in [3.05, 3.63) is 35.9 Å². The van der Waals surface area contributed by atoms with Gasteiger partial charge in [0.2, 0.25) is 0 Å². The molecular formula is C20H34IN3O2S. The van der Waals surface area contributed by atoms with Gasteiger partial charge < -0.3 is 10.2 Å². The highest BCUT2D eigenvalue weighted by molar-refractivity contribution is 14.0. The lowest BCUT2D eigenvalue weighted by molar-refractivity contribution is 0.338. The second-order valence-electron chi connectivity index (χ2n) is 7.75. The van der Waals surface area contributed by atoms with Crippen LogP contribution in [0.4, 0.5) is 0 Å². The van der Waals surface area contributed by atoms with Gasteiger partial charge in [-0.15, -0.1) is 24.0 Å². The molecule has 1 aromatic rings. The lowest BCUT2D eigenvalue weighted by Crippen LogP contribution is -2.58. The second kappa shape index (κ2) is 9.58. The Morgan fingerprint density at radius 2 is 1.81 bits per heavy atom. The maximum Gasteiger partial charge on any atom is 0.193 e. The van der Waals surface area contributed by atoms with Crippen LogP contribution in [0.1, 0.15) is 46.1 Å². The predicted octanol–water partition coefficient (Wildman–Crippen LogP) is 3.45. The number of hydrogen-bond donors (Lipinski definition) is 1. The van der Waals surface area contributed by atoms with Crippen molar-refractivity contribution in [2.75, 3.05) is 32.4 Å². The Morgan fingerprint density at radius 1 is 1.22 bits per heavy atom. The Bertz CT molecular complexity index is 729. The van der Waals surface area contributed by atoms with Crippen LogP contribution in [-0.2, 0) is 15.3 Å². The third kappa shape index (κ3) is 5.16. The Morgan fingerprint density at radius 3 is 2.30 bits per heavy atom. The molecule has 0 bridgehead atoms. The summed E-state index contributed by atoms with van der Waals surface area (Å²) in [5.74, 6) is 0.960. The molecule has 27 heavy (non-hydrogen) atoms. The van der Waals surface area contributed by atoms with E-state index in [2.05, 4.69) is 53.3 Å². The van der Waals surface area contributed by atoms with Crippen molar-refractivity contribution >= 4 is 39.8 Å². The fraction of sp³-hybridized carbons (Fsp3) is 0.650. The summed E-state index contributed by atoms with van der Waals surface area (Å²) >= 11 is 0. The monoisotopic (exact) mass is 507 g/mol. The first-order valence-corrected chi connectivity index (χ1v) is 11.1. The van der Waals surface area contributed by atoms with E-state index in [-0.39, 0.29) is 35.1 Å². The smallest absolute Gasteiger partial charge is 0.193 e. The predicted molar refractivity (Wildman–Crippen MR) is 125 cm³/mol. The van der Waals surface area contributed by atoms with Crippen LogP contribution in [0.3, 0.4) is 0 Å². The zero-order chi connectivity index (χ0) is 19.4. The molecule has 0 saturated carbocycles. The Hall–Kier alpha value is -0.830. The maximum atomic E-state index is 12.3. The van der Waals surface area contributed by atoms with Crippen molar-refractivity contribution in [3.63, 3.8) is 0 Å². The van der Waals surface area contributed by atoms with Gasteiger partial charge in [0.05, 0.1) is 10.5 Å². The van der Waals surface area contributed by atoms with Gasteiger partial charge in [-0.1, -0.05) is 44.2 Å². The van der Waals surface area contributed by atoms with E-state index in [9.17, 15) is 8.42 Å². The van der Waals surface area contributed by atoms with Gasteiger partial charge in [-0.2, -0.15) is 0 Å². The number of rotatable bonds is 5. The first kappa shape index (κ1) is 24.2. The van der Waals surface area contributed by atoms with Crippen LogP contribution in [0.5, 0.6) is 0 Å².